The highest BCUT2D eigenvalue weighted by Crippen LogP contribution is 2.30. The lowest BCUT2D eigenvalue weighted by atomic mass is 10.0. The highest BCUT2D eigenvalue weighted by Gasteiger charge is 2.13. The van der Waals surface area contributed by atoms with Crippen LogP contribution in [0.1, 0.15) is 31.0 Å². The van der Waals surface area contributed by atoms with Crippen molar-refractivity contribution >= 4 is 21.6 Å². The molecular formula is C17H22BrN3. The Kier molecular flexibility index (Phi) is 5.76. The molecule has 2 aromatic rings. The lowest BCUT2D eigenvalue weighted by Crippen LogP contribution is -2.23. The van der Waals surface area contributed by atoms with E-state index in [0.717, 1.165) is 17.6 Å². The van der Waals surface area contributed by atoms with Crippen molar-refractivity contribution in [3.05, 3.63) is 58.3 Å². The Labute approximate surface area is 135 Å². The van der Waals surface area contributed by atoms with Crippen molar-refractivity contribution in [2.75, 3.05) is 18.5 Å². The molecule has 3 nitrogen and oxygen atoms in total. The van der Waals surface area contributed by atoms with E-state index in [1.54, 1.807) is 6.20 Å². The molecule has 2 rings (SSSR count). The van der Waals surface area contributed by atoms with Crippen LogP contribution in [-0.4, -0.2) is 18.6 Å². The van der Waals surface area contributed by atoms with Crippen LogP contribution >= 0.6 is 15.9 Å². The van der Waals surface area contributed by atoms with Crippen LogP contribution in [0.5, 0.6) is 0 Å². The fraction of sp³-hybridized carbons (Fsp3) is 0.353. The third-order valence-electron chi connectivity index (χ3n) is 3.52. The molecule has 1 heterocycles. The molecule has 4 heteroatoms. The van der Waals surface area contributed by atoms with Gasteiger partial charge in [-0.25, -0.2) is 0 Å². The van der Waals surface area contributed by atoms with E-state index in [1.807, 2.05) is 12.3 Å². The van der Waals surface area contributed by atoms with Gasteiger partial charge in [0.15, 0.2) is 0 Å². The second-order valence-electron chi connectivity index (χ2n) is 5.20. The van der Waals surface area contributed by atoms with Crippen LogP contribution in [-0.2, 0) is 6.54 Å². The summed E-state index contributed by atoms with van der Waals surface area (Å²) in [4.78, 5) is 6.46. The summed E-state index contributed by atoms with van der Waals surface area (Å²) in [7, 11) is 2.12. The summed E-state index contributed by atoms with van der Waals surface area (Å²) in [5, 5.41) is 3.49. The highest BCUT2D eigenvalue weighted by molar-refractivity contribution is 9.10. The average Bonchev–Trinajstić information content (AvgIpc) is 2.48. The molecule has 1 unspecified atom stereocenters. The van der Waals surface area contributed by atoms with Gasteiger partial charge in [-0.15, -0.1) is 0 Å². The number of benzene rings is 1. The van der Waals surface area contributed by atoms with Gasteiger partial charge < -0.3 is 10.2 Å². The van der Waals surface area contributed by atoms with Gasteiger partial charge in [0, 0.05) is 42.2 Å². The molecule has 1 atom stereocenters. The summed E-state index contributed by atoms with van der Waals surface area (Å²) < 4.78 is 1.10. The number of hydrogen-bond acceptors (Lipinski definition) is 3. The monoisotopic (exact) mass is 347 g/mol. The van der Waals surface area contributed by atoms with Crippen LogP contribution in [0.3, 0.4) is 0 Å². The summed E-state index contributed by atoms with van der Waals surface area (Å²) in [6.07, 6.45) is 3.73. The van der Waals surface area contributed by atoms with Gasteiger partial charge >= 0.3 is 0 Å². The fourth-order valence-electron chi connectivity index (χ4n) is 2.48. The van der Waals surface area contributed by atoms with Crippen molar-refractivity contribution in [3.8, 4) is 0 Å². The Balaban J connectivity index is 2.26. The Morgan fingerprint density at radius 2 is 2.14 bits per heavy atom. The van der Waals surface area contributed by atoms with Crippen LogP contribution in [0.25, 0.3) is 0 Å². The smallest absolute Gasteiger partial charge is 0.0441 e. The van der Waals surface area contributed by atoms with Crippen molar-refractivity contribution in [3.63, 3.8) is 0 Å². The Morgan fingerprint density at radius 1 is 1.33 bits per heavy atom. The van der Waals surface area contributed by atoms with Crippen LogP contribution in [0.4, 0.5) is 5.69 Å². The van der Waals surface area contributed by atoms with Crippen LogP contribution in [0.15, 0.2) is 47.2 Å². The van der Waals surface area contributed by atoms with Gasteiger partial charge in [0.2, 0.25) is 0 Å². The number of halogens is 1. The van der Waals surface area contributed by atoms with E-state index in [1.165, 1.54) is 16.8 Å². The number of nitrogens with zero attached hydrogens (tertiary/aromatic N) is 2. The first-order valence-corrected chi connectivity index (χ1v) is 8.04. The second-order valence-corrected chi connectivity index (χ2v) is 6.12. The van der Waals surface area contributed by atoms with E-state index in [0.29, 0.717) is 6.04 Å². The molecule has 0 radical (unpaired) electrons. The Hall–Kier alpha value is -1.39. The first kappa shape index (κ1) is 16.0. The third kappa shape index (κ3) is 4.29. The van der Waals surface area contributed by atoms with Crippen molar-refractivity contribution in [2.45, 2.75) is 26.4 Å². The Bertz CT molecular complexity index is 572. The molecule has 0 aliphatic carbocycles. The quantitative estimate of drug-likeness (QED) is 0.850. The summed E-state index contributed by atoms with van der Waals surface area (Å²) in [6.45, 7) is 6.14. The maximum atomic E-state index is 4.19. The molecule has 112 valence electrons. The highest BCUT2D eigenvalue weighted by atomic mass is 79.9. The minimum absolute atomic E-state index is 0.328. The molecule has 0 saturated carbocycles. The van der Waals surface area contributed by atoms with E-state index in [-0.39, 0.29) is 0 Å². The van der Waals surface area contributed by atoms with Crippen molar-refractivity contribution in [2.24, 2.45) is 0 Å². The number of rotatable bonds is 6. The molecule has 0 fully saturated rings. The predicted molar refractivity (Wildman–Crippen MR) is 92.6 cm³/mol. The topological polar surface area (TPSA) is 28.2 Å². The molecule has 0 aliphatic heterocycles. The number of nitrogens with one attached hydrogen (secondary N) is 1. The molecule has 0 spiro atoms. The van der Waals surface area contributed by atoms with E-state index in [2.05, 4.69) is 76.3 Å². The fourth-order valence-corrected chi connectivity index (χ4v) is 2.83. The third-order valence-corrected chi connectivity index (χ3v) is 4.02. The van der Waals surface area contributed by atoms with Crippen LogP contribution in [0.2, 0.25) is 0 Å². The molecule has 1 N–H and O–H groups in total. The predicted octanol–water partition coefficient (Wildman–Crippen LogP) is 4.15. The van der Waals surface area contributed by atoms with Gasteiger partial charge in [-0.3, -0.25) is 4.98 Å². The molecule has 0 aliphatic rings. The molecular weight excluding hydrogens is 326 g/mol. The maximum Gasteiger partial charge on any atom is 0.0441 e. The zero-order chi connectivity index (χ0) is 15.2. The second kappa shape index (κ2) is 7.57. The molecule has 1 aromatic carbocycles. The van der Waals surface area contributed by atoms with Crippen molar-refractivity contribution in [1.29, 1.82) is 0 Å². The summed E-state index contributed by atoms with van der Waals surface area (Å²) in [5.74, 6) is 0. The Morgan fingerprint density at radius 3 is 2.81 bits per heavy atom. The summed E-state index contributed by atoms with van der Waals surface area (Å²) in [5.41, 5.74) is 3.76. The van der Waals surface area contributed by atoms with Gasteiger partial charge in [0.05, 0.1) is 0 Å². The van der Waals surface area contributed by atoms with E-state index in [4.69, 9.17) is 0 Å². The zero-order valence-electron chi connectivity index (χ0n) is 12.8. The van der Waals surface area contributed by atoms with Gasteiger partial charge in [0.1, 0.15) is 0 Å². The largest absolute Gasteiger partial charge is 0.370 e. The minimum atomic E-state index is 0.328. The lowest BCUT2D eigenvalue weighted by molar-refractivity contribution is 0.596. The van der Waals surface area contributed by atoms with Gasteiger partial charge in [-0.1, -0.05) is 35.0 Å². The lowest BCUT2D eigenvalue weighted by Gasteiger charge is -2.26. The van der Waals surface area contributed by atoms with Crippen molar-refractivity contribution in [1.82, 2.24) is 10.3 Å². The molecule has 21 heavy (non-hydrogen) atoms. The average molecular weight is 348 g/mol. The van der Waals surface area contributed by atoms with E-state index in [9.17, 15) is 0 Å². The number of pyridine rings is 1. The summed E-state index contributed by atoms with van der Waals surface area (Å²) >= 11 is 3.58. The SMILES string of the molecule is CCNC(C)c1ccc(Br)cc1N(C)Cc1cccnc1. The summed E-state index contributed by atoms with van der Waals surface area (Å²) in [6, 6.07) is 10.9. The zero-order valence-corrected chi connectivity index (χ0v) is 14.4. The normalized spacial score (nSPS) is 12.2. The van der Waals surface area contributed by atoms with Crippen LogP contribution < -0.4 is 10.2 Å². The molecule has 0 bridgehead atoms. The van der Waals surface area contributed by atoms with Gasteiger partial charge in [-0.2, -0.15) is 0 Å². The van der Waals surface area contributed by atoms with Gasteiger partial charge in [-0.05, 0) is 42.8 Å². The minimum Gasteiger partial charge on any atom is -0.370 e. The van der Waals surface area contributed by atoms with E-state index < -0.39 is 0 Å². The van der Waals surface area contributed by atoms with Gasteiger partial charge in [0.25, 0.3) is 0 Å². The number of hydrogen-bond donors (Lipinski definition) is 1. The van der Waals surface area contributed by atoms with Crippen LogP contribution in [0, 0.1) is 0 Å². The first-order chi connectivity index (χ1) is 10.1. The molecule has 0 saturated heterocycles. The van der Waals surface area contributed by atoms with E-state index >= 15 is 0 Å². The van der Waals surface area contributed by atoms with Crippen molar-refractivity contribution < 1.29 is 0 Å². The molecule has 0 amide bonds. The maximum absolute atomic E-state index is 4.19. The number of anilines is 1. The molecule has 1 aromatic heterocycles. The standard InChI is InChI=1S/C17H22BrN3/c1-4-20-13(2)16-8-7-15(18)10-17(16)21(3)12-14-6-5-9-19-11-14/h5-11,13,20H,4,12H2,1-3H3. The number of aromatic nitrogens is 1. The first-order valence-electron chi connectivity index (χ1n) is 7.24.